The minimum atomic E-state index is -2.12. The summed E-state index contributed by atoms with van der Waals surface area (Å²) in [7, 11) is 7.77. The van der Waals surface area contributed by atoms with Crippen LogP contribution in [0.1, 0.15) is 30.1 Å². The van der Waals surface area contributed by atoms with E-state index in [0.29, 0.717) is 6.54 Å². The smallest absolute Gasteiger partial charge is 0.338 e. The molecule has 4 N–H and O–H groups in total. The summed E-state index contributed by atoms with van der Waals surface area (Å²) in [5, 5.41) is 50.8. The van der Waals surface area contributed by atoms with Crippen LogP contribution >= 0.6 is 0 Å². The van der Waals surface area contributed by atoms with Gasteiger partial charge in [-0.2, -0.15) is 0 Å². The fourth-order valence-electron chi connectivity index (χ4n) is 12.2. The molecule has 13 nitrogen and oxygen atoms in total. The lowest BCUT2D eigenvalue weighted by atomic mass is 9.40. The Bertz CT molecular complexity index is 1400. The maximum absolute atomic E-state index is 13.7. The van der Waals surface area contributed by atoms with E-state index in [-0.39, 0.29) is 18.6 Å². The highest BCUT2D eigenvalue weighted by Gasteiger charge is 2.96. The van der Waals surface area contributed by atoms with Crippen LogP contribution in [-0.4, -0.2) is 145 Å². The Balaban J connectivity index is 1.56. The molecule has 6 aliphatic rings. The van der Waals surface area contributed by atoms with Crippen molar-refractivity contribution in [2.24, 2.45) is 28.6 Å². The summed E-state index contributed by atoms with van der Waals surface area (Å²) in [5.41, 5.74) is -8.16. The number of aliphatic hydroxyl groups is 4. The third-order valence-electron chi connectivity index (χ3n) is 12.9. The fraction of sp³-hybridized carbons (Fsp3) is 0.758. The first kappa shape index (κ1) is 32.4. The number of nitrogens with zero attached hydrogens (tertiary/aromatic N) is 1. The molecule has 7 rings (SSSR count). The molecule has 0 radical (unpaired) electrons. The number of rotatable bonds is 8. The molecule has 1 aliphatic heterocycles. The average molecular weight is 648 g/mol. The number of carbonyl (C=O) groups is 2. The molecule has 1 heterocycles. The Morgan fingerprint density at radius 2 is 1.67 bits per heavy atom. The van der Waals surface area contributed by atoms with Gasteiger partial charge >= 0.3 is 11.9 Å². The molecule has 254 valence electrons. The standard InChI is InChI=1S/C33H45NO12/c1-16(35)46-33-20-21(43-5)22-29(15-41-3)14-34(2)24(20)32(22,19(42-4)12-18(29)36)31(40)13-30(39,27(44-6)25(33)37)26(23(31)33)45-28(38)17-10-8-7-9-11-17/h7-11,18-27,36-37,39-40H,12-15H2,1-6H3/t18-,19+,20+,21+,22-,23+,24-,25+,26-,27+,29+,30-,31+,32-,33+/m1/s1. The molecule has 5 saturated carbocycles. The van der Waals surface area contributed by atoms with E-state index in [2.05, 4.69) is 0 Å². The van der Waals surface area contributed by atoms with Crippen LogP contribution in [0.5, 0.6) is 0 Å². The highest BCUT2D eigenvalue weighted by Crippen LogP contribution is 2.81. The summed E-state index contributed by atoms with van der Waals surface area (Å²) in [6, 6.07) is 7.61. The largest absolute Gasteiger partial charge is 0.455 e. The first-order valence-corrected chi connectivity index (χ1v) is 15.9. The number of piperidine rings is 1. The summed E-state index contributed by atoms with van der Waals surface area (Å²) in [6.45, 7) is 1.68. The summed E-state index contributed by atoms with van der Waals surface area (Å²) < 4.78 is 36.7. The molecule has 0 aromatic heterocycles. The minimum absolute atomic E-state index is 0.113. The Morgan fingerprint density at radius 3 is 2.26 bits per heavy atom. The van der Waals surface area contributed by atoms with Gasteiger partial charge in [-0.25, -0.2) is 4.79 Å². The number of hydrogen-bond donors (Lipinski definition) is 4. The highest BCUT2D eigenvalue weighted by atomic mass is 16.6. The first-order chi connectivity index (χ1) is 21.8. The van der Waals surface area contributed by atoms with Gasteiger partial charge in [0.15, 0.2) is 5.60 Å². The molecule has 0 amide bonds. The summed E-state index contributed by atoms with van der Waals surface area (Å²) >= 11 is 0. The van der Waals surface area contributed by atoms with Gasteiger partial charge in [0.2, 0.25) is 0 Å². The van der Waals surface area contributed by atoms with E-state index in [1.807, 2.05) is 11.9 Å². The van der Waals surface area contributed by atoms with Crippen LogP contribution in [0.4, 0.5) is 0 Å². The summed E-state index contributed by atoms with van der Waals surface area (Å²) in [6.07, 6.45) is -7.39. The maximum Gasteiger partial charge on any atom is 0.338 e. The van der Waals surface area contributed by atoms with Gasteiger partial charge in [-0.05, 0) is 19.2 Å². The van der Waals surface area contributed by atoms with E-state index < -0.39 is 106 Å². The maximum atomic E-state index is 13.7. The molecular formula is C33H45NO12. The van der Waals surface area contributed by atoms with Crippen molar-refractivity contribution in [1.29, 1.82) is 0 Å². The zero-order valence-corrected chi connectivity index (χ0v) is 27.0. The Morgan fingerprint density at radius 1 is 0.978 bits per heavy atom. The van der Waals surface area contributed by atoms with E-state index in [4.69, 9.17) is 28.4 Å². The number of hydrogen-bond acceptors (Lipinski definition) is 13. The average Bonchev–Trinajstić information content (AvgIpc) is 3.38. The van der Waals surface area contributed by atoms with Crippen LogP contribution in [0.2, 0.25) is 0 Å². The van der Waals surface area contributed by atoms with E-state index in [9.17, 15) is 30.0 Å². The van der Waals surface area contributed by atoms with Crippen LogP contribution < -0.4 is 0 Å². The molecule has 6 fully saturated rings. The number of carbonyl (C=O) groups excluding carboxylic acids is 2. The number of ether oxygens (including phenoxy) is 6. The Hall–Kier alpha value is -2.20. The van der Waals surface area contributed by atoms with E-state index in [1.54, 1.807) is 37.4 Å². The zero-order chi connectivity index (χ0) is 33.2. The van der Waals surface area contributed by atoms with Gasteiger partial charge in [-0.3, -0.25) is 4.79 Å². The normalized spacial score (nSPS) is 51.5. The van der Waals surface area contributed by atoms with Crippen molar-refractivity contribution in [2.75, 3.05) is 48.6 Å². The second kappa shape index (κ2) is 10.4. The number of methoxy groups -OCH3 is 4. The molecule has 1 aromatic carbocycles. The van der Waals surface area contributed by atoms with E-state index >= 15 is 0 Å². The summed E-state index contributed by atoms with van der Waals surface area (Å²) in [4.78, 5) is 28.9. The quantitative estimate of drug-likeness (QED) is 0.263. The van der Waals surface area contributed by atoms with Crippen LogP contribution in [0.25, 0.3) is 0 Å². The van der Waals surface area contributed by atoms with Crippen molar-refractivity contribution in [2.45, 2.75) is 79.2 Å². The fourth-order valence-corrected chi connectivity index (χ4v) is 12.2. The molecule has 46 heavy (non-hydrogen) atoms. The van der Waals surface area contributed by atoms with Crippen molar-refractivity contribution in [3.63, 3.8) is 0 Å². The molecular weight excluding hydrogens is 602 g/mol. The first-order valence-electron chi connectivity index (χ1n) is 15.9. The van der Waals surface area contributed by atoms with Crippen LogP contribution in [0, 0.1) is 28.6 Å². The Labute approximate surface area is 267 Å². The molecule has 0 unspecified atom stereocenters. The van der Waals surface area contributed by atoms with E-state index in [0.717, 1.165) is 0 Å². The van der Waals surface area contributed by atoms with Crippen molar-refractivity contribution in [1.82, 2.24) is 4.90 Å². The summed E-state index contributed by atoms with van der Waals surface area (Å²) in [5.74, 6) is -4.35. The third kappa shape index (κ3) is 3.41. The van der Waals surface area contributed by atoms with Crippen LogP contribution in [0.3, 0.4) is 0 Å². The van der Waals surface area contributed by atoms with Gasteiger partial charge in [-0.15, -0.1) is 0 Å². The van der Waals surface area contributed by atoms with Gasteiger partial charge in [0, 0.05) is 83.5 Å². The molecule has 7 bridgehead atoms. The van der Waals surface area contributed by atoms with E-state index in [1.165, 1.54) is 28.3 Å². The number of likely N-dealkylation sites (tertiary alicyclic amines) is 1. The number of fused-ring (bicyclic) bond motifs is 2. The number of aliphatic hydroxyl groups excluding tert-OH is 2. The second-order valence-corrected chi connectivity index (χ2v) is 14.4. The van der Waals surface area contributed by atoms with Gasteiger partial charge < -0.3 is 53.7 Å². The molecule has 13 heteroatoms. The van der Waals surface area contributed by atoms with Gasteiger partial charge in [0.05, 0.1) is 42.0 Å². The Kier molecular flexibility index (Phi) is 7.31. The highest BCUT2D eigenvalue weighted by molar-refractivity contribution is 5.89. The van der Waals surface area contributed by atoms with Crippen LogP contribution in [-0.2, 0) is 33.2 Å². The molecule has 5 aliphatic carbocycles. The monoisotopic (exact) mass is 647 g/mol. The van der Waals surface area contributed by atoms with Gasteiger partial charge in [0.25, 0.3) is 0 Å². The predicted molar refractivity (Wildman–Crippen MR) is 157 cm³/mol. The van der Waals surface area contributed by atoms with Crippen LogP contribution in [0.15, 0.2) is 30.3 Å². The van der Waals surface area contributed by atoms with Gasteiger partial charge in [-0.1, -0.05) is 18.2 Å². The zero-order valence-electron chi connectivity index (χ0n) is 27.0. The van der Waals surface area contributed by atoms with Gasteiger partial charge in [0.1, 0.15) is 23.9 Å². The van der Waals surface area contributed by atoms with Crippen molar-refractivity contribution in [3.05, 3.63) is 35.9 Å². The number of benzene rings is 1. The topological polar surface area (TPSA) is 174 Å². The third-order valence-corrected chi connectivity index (χ3v) is 12.9. The van der Waals surface area contributed by atoms with Crippen molar-refractivity contribution >= 4 is 11.9 Å². The molecule has 15 atom stereocenters. The lowest BCUT2D eigenvalue weighted by Crippen LogP contribution is -2.85. The molecule has 1 spiro atoms. The molecule has 1 saturated heterocycles. The SMILES string of the molecule is COC[C@]12CN(C)[C@@H]3[C@@H]4[C@H](OC)[C@H]1[C@@]3([C@@H](OC)C[C@H]2O)[C@]1(O)C[C@@]2(O)[C@H](OC(=O)c3ccccc3)[C@@H]1[C@]4(OC(C)=O)[C@@H](O)[C@@H]2OC. The minimum Gasteiger partial charge on any atom is -0.455 e. The molecule has 1 aromatic rings. The lowest BCUT2D eigenvalue weighted by molar-refractivity contribution is -0.353. The number of esters is 2. The van der Waals surface area contributed by atoms with Crippen molar-refractivity contribution < 1.29 is 58.4 Å². The second-order valence-electron chi connectivity index (χ2n) is 14.4. The lowest BCUT2D eigenvalue weighted by Gasteiger charge is -2.72. The van der Waals surface area contributed by atoms with Crippen molar-refractivity contribution in [3.8, 4) is 0 Å². The predicted octanol–water partition coefficient (Wildman–Crippen LogP) is -0.627.